The van der Waals surface area contributed by atoms with Crippen LogP contribution in [0.15, 0.2) is 48.5 Å². The summed E-state index contributed by atoms with van der Waals surface area (Å²) in [5.41, 5.74) is 4.16. The third kappa shape index (κ3) is 6.34. The van der Waals surface area contributed by atoms with Crippen molar-refractivity contribution in [3.8, 4) is 16.9 Å². The van der Waals surface area contributed by atoms with Crippen molar-refractivity contribution in [2.24, 2.45) is 5.92 Å². The summed E-state index contributed by atoms with van der Waals surface area (Å²) < 4.78 is 0. The summed E-state index contributed by atoms with van der Waals surface area (Å²) in [6, 6.07) is 16.2. The largest absolute Gasteiger partial charge is 0.504 e. The number of nitrogens with zero attached hydrogens (tertiary/aromatic N) is 3. The third-order valence-electron chi connectivity index (χ3n) is 6.90. The second-order valence-corrected chi connectivity index (χ2v) is 9.53. The predicted molar refractivity (Wildman–Crippen MR) is 144 cm³/mol. The van der Waals surface area contributed by atoms with E-state index in [1.165, 1.54) is 0 Å². The van der Waals surface area contributed by atoms with Gasteiger partial charge in [0.1, 0.15) is 12.4 Å². The average Bonchev–Trinajstić information content (AvgIpc) is 2.93. The molecule has 0 radical (unpaired) electrons. The number of amides is 1. The van der Waals surface area contributed by atoms with Crippen LogP contribution in [0.4, 0.5) is 5.69 Å². The van der Waals surface area contributed by atoms with Crippen molar-refractivity contribution >= 4 is 23.3 Å². The number of aryl methyl sites for hydroxylation is 1. The lowest BCUT2D eigenvalue weighted by molar-refractivity contribution is -0.135. The Kier molecular flexibility index (Phi) is 8.35. The number of carbonyl (C=O) groups excluding carboxylic acids is 2. The number of anilines is 1. The number of aliphatic carboxylic acids is 1. The molecule has 3 aromatic rings. The molecular formula is C29H32N4O5. The maximum Gasteiger partial charge on any atom is 0.322 e. The molecule has 0 aliphatic carbocycles. The zero-order valence-electron chi connectivity index (χ0n) is 21.6. The van der Waals surface area contributed by atoms with Gasteiger partial charge in [-0.25, -0.2) is 9.97 Å². The number of aromatic nitrogens is 2. The van der Waals surface area contributed by atoms with Crippen LogP contribution in [0.1, 0.15) is 58.6 Å². The monoisotopic (exact) mass is 516 g/mol. The summed E-state index contributed by atoms with van der Waals surface area (Å²) in [6.07, 6.45) is 2.93. The van der Waals surface area contributed by atoms with Crippen LogP contribution >= 0.6 is 0 Å². The number of piperidine rings is 1. The zero-order valence-corrected chi connectivity index (χ0v) is 21.6. The Morgan fingerprint density at radius 2 is 1.58 bits per heavy atom. The minimum atomic E-state index is -1.18. The third-order valence-corrected chi connectivity index (χ3v) is 6.90. The molecule has 1 aliphatic heterocycles. The highest BCUT2D eigenvalue weighted by Crippen LogP contribution is 2.29. The molecule has 1 fully saturated rings. The Hall–Kier alpha value is -4.27. The van der Waals surface area contributed by atoms with Crippen molar-refractivity contribution in [3.05, 3.63) is 71.3 Å². The number of carbonyl (C=O) groups is 3. The average molecular weight is 517 g/mol. The highest BCUT2D eigenvalue weighted by atomic mass is 16.4. The fourth-order valence-corrected chi connectivity index (χ4v) is 4.68. The summed E-state index contributed by atoms with van der Waals surface area (Å²) in [5, 5.41) is 21.2. The number of nitrogens with one attached hydrogen (secondary N) is 1. The molecule has 1 saturated heterocycles. The molecule has 1 aliphatic rings. The van der Waals surface area contributed by atoms with Gasteiger partial charge in [-0.2, -0.15) is 0 Å². The first-order valence-corrected chi connectivity index (χ1v) is 12.8. The summed E-state index contributed by atoms with van der Waals surface area (Å²) in [7, 11) is 0. The Balaban J connectivity index is 1.35. The molecule has 0 bridgehead atoms. The summed E-state index contributed by atoms with van der Waals surface area (Å²) >= 11 is 0. The van der Waals surface area contributed by atoms with E-state index in [-0.39, 0.29) is 17.2 Å². The van der Waals surface area contributed by atoms with Crippen LogP contribution < -0.4 is 10.2 Å². The lowest BCUT2D eigenvalue weighted by Gasteiger charge is -2.33. The minimum absolute atomic E-state index is 0.143. The highest BCUT2D eigenvalue weighted by molar-refractivity contribution is 5.97. The van der Waals surface area contributed by atoms with Gasteiger partial charge in [-0.3, -0.25) is 14.4 Å². The van der Waals surface area contributed by atoms with E-state index < -0.39 is 18.4 Å². The van der Waals surface area contributed by atoms with Crippen molar-refractivity contribution in [3.63, 3.8) is 0 Å². The van der Waals surface area contributed by atoms with Crippen molar-refractivity contribution in [2.45, 2.75) is 39.5 Å². The Labute approximate surface area is 221 Å². The Morgan fingerprint density at radius 3 is 2.16 bits per heavy atom. The maximum absolute atomic E-state index is 12.3. The molecule has 0 unspecified atom stereocenters. The molecule has 198 valence electrons. The molecule has 2 aromatic carbocycles. The van der Waals surface area contributed by atoms with Crippen LogP contribution in [0, 0.1) is 12.8 Å². The first kappa shape index (κ1) is 26.8. The molecule has 9 heteroatoms. The molecule has 2 heterocycles. The number of benzene rings is 2. The normalized spacial score (nSPS) is 13.8. The van der Waals surface area contributed by atoms with Gasteiger partial charge >= 0.3 is 5.97 Å². The molecule has 4 rings (SSSR count). The Bertz CT molecular complexity index is 1310. The van der Waals surface area contributed by atoms with E-state index in [4.69, 9.17) is 5.11 Å². The second-order valence-electron chi connectivity index (χ2n) is 9.53. The molecule has 0 spiro atoms. The standard InChI is InChI=1S/C29H32N4O5/c1-3-24(34)22-6-4-20(5-7-22)21-8-10-23(11-9-21)33-14-12-19(13-15-33)16-25-31-18(2)28(37)27(32-25)29(38)30-17-26(35)36/h4-11,19,37H,3,12-17H2,1-2H3,(H,30,38)(H,35,36). The van der Waals surface area contributed by atoms with Crippen molar-refractivity contribution in [1.82, 2.24) is 15.3 Å². The number of hydrogen-bond donors (Lipinski definition) is 3. The van der Waals surface area contributed by atoms with Gasteiger partial charge < -0.3 is 20.4 Å². The molecule has 3 N–H and O–H groups in total. The number of hydrogen-bond acceptors (Lipinski definition) is 7. The number of carboxylic acids is 1. The van der Waals surface area contributed by atoms with Gasteiger partial charge in [0.15, 0.2) is 17.2 Å². The topological polar surface area (TPSA) is 133 Å². The van der Waals surface area contributed by atoms with E-state index in [1.807, 2.05) is 31.2 Å². The van der Waals surface area contributed by atoms with Crippen LogP contribution in [0.2, 0.25) is 0 Å². The molecular weight excluding hydrogens is 484 g/mol. The molecule has 0 atom stereocenters. The van der Waals surface area contributed by atoms with Crippen LogP contribution in [0.3, 0.4) is 0 Å². The predicted octanol–water partition coefficient (Wildman–Crippen LogP) is 4.02. The fraction of sp³-hybridized carbons (Fsp3) is 0.345. The van der Waals surface area contributed by atoms with Crippen LogP contribution in [-0.4, -0.2) is 57.5 Å². The molecule has 9 nitrogen and oxygen atoms in total. The van der Waals surface area contributed by atoms with Gasteiger partial charge in [-0.05, 0) is 48.9 Å². The van der Waals surface area contributed by atoms with Gasteiger partial charge in [0.2, 0.25) is 0 Å². The van der Waals surface area contributed by atoms with Crippen molar-refractivity contribution < 1.29 is 24.6 Å². The fourth-order valence-electron chi connectivity index (χ4n) is 4.68. The molecule has 38 heavy (non-hydrogen) atoms. The lowest BCUT2D eigenvalue weighted by atomic mass is 9.92. The second kappa shape index (κ2) is 11.9. The van der Waals surface area contributed by atoms with Gasteiger partial charge in [0.05, 0.1) is 5.69 Å². The van der Waals surface area contributed by atoms with E-state index >= 15 is 0 Å². The van der Waals surface area contributed by atoms with E-state index in [0.717, 1.165) is 48.3 Å². The first-order chi connectivity index (χ1) is 18.2. The Morgan fingerprint density at radius 1 is 0.974 bits per heavy atom. The van der Waals surface area contributed by atoms with E-state index in [1.54, 1.807) is 6.92 Å². The number of carboxylic acid groups (broad SMARTS) is 1. The number of rotatable bonds is 9. The quantitative estimate of drug-likeness (QED) is 0.363. The summed E-state index contributed by atoms with van der Waals surface area (Å²) in [5.74, 6) is -1.31. The van der Waals surface area contributed by atoms with Gasteiger partial charge in [0.25, 0.3) is 5.91 Å². The molecule has 0 saturated carbocycles. The number of ketones is 1. The van der Waals surface area contributed by atoms with E-state index in [9.17, 15) is 19.5 Å². The molecule has 1 aromatic heterocycles. The summed E-state index contributed by atoms with van der Waals surface area (Å²) in [4.78, 5) is 45.8. The van der Waals surface area contributed by atoms with Crippen LogP contribution in [0.5, 0.6) is 5.75 Å². The lowest BCUT2D eigenvalue weighted by Crippen LogP contribution is -2.34. The zero-order chi connectivity index (χ0) is 27.2. The first-order valence-electron chi connectivity index (χ1n) is 12.8. The SMILES string of the molecule is CCC(=O)c1ccc(-c2ccc(N3CCC(Cc4nc(C)c(O)c(C(=O)NCC(=O)O)n4)CC3)cc2)cc1. The maximum atomic E-state index is 12.3. The van der Waals surface area contributed by atoms with Gasteiger partial charge in [-0.1, -0.05) is 43.3 Å². The van der Waals surface area contributed by atoms with Gasteiger partial charge in [-0.15, -0.1) is 0 Å². The van der Waals surface area contributed by atoms with Gasteiger partial charge in [0, 0.05) is 37.2 Å². The smallest absolute Gasteiger partial charge is 0.322 e. The van der Waals surface area contributed by atoms with E-state index in [2.05, 4.69) is 44.5 Å². The van der Waals surface area contributed by atoms with E-state index in [0.29, 0.717) is 30.3 Å². The minimum Gasteiger partial charge on any atom is -0.504 e. The van der Waals surface area contributed by atoms with Crippen molar-refractivity contribution in [1.29, 1.82) is 0 Å². The van der Waals surface area contributed by atoms with Crippen LogP contribution in [-0.2, 0) is 11.2 Å². The summed E-state index contributed by atoms with van der Waals surface area (Å²) in [6.45, 7) is 4.66. The van der Waals surface area contributed by atoms with Crippen molar-refractivity contribution in [2.75, 3.05) is 24.5 Å². The highest BCUT2D eigenvalue weighted by Gasteiger charge is 2.23. The van der Waals surface area contributed by atoms with Crippen LogP contribution in [0.25, 0.3) is 11.1 Å². The number of aromatic hydroxyl groups is 1. The number of Topliss-reactive ketones (excluding diaryl/α,β-unsaturated/α-hetero) is 1. The molecule has 1 amide bonds.